The van der Waals surface area contributed by atoms with E-state index in [0.29, 0.717) is 6.42 Å². The molecule has 10 heteroatoms. The van der Waals surface area contributed by atoms with E-state index >= 15 is 0 Å². The number of halogens is 6. The van der Waals surface area contributed by atoms with Gasteiger partial charge in [-0.1, -0.05) is 81.7 Å². The average Bonchev–Trinajstić information content (AvgIpc) is 2.51. The highest BCUT2D eigenvalue weighted by Gasteiger charge is 2.37. The Morgan fingerprint density at radius 3 is 1.88 bits per heavy atom. The first-order valence-corrected chi connectivity index (χ1v) is 8.78. The van der Waals surface area contributed by atoms with Crippen molar-refractivity contribution < 1.29 is 4.74 Å². The molecule has 4 nitrogen and oxygen atoms in total. The summed E-state index contributed by atoms with van der Waals surface area (Å²) in [5, 5.41) is 2.63. The standard InChI is InChI=1S/C14H11Cl6N3O/c1-24-9-5-2-8(3-6-9)4-7-10-21-11(13(15,16)17)23-12(22-10)14(18,19)20/h2-3,5-7H,4H2,1H3,(H,21,22,23). The van der Waals surface area contributed by atoms with Gasteiger partial charge in [0.25, 0.3) is 0 Å². The number of aliphatic imine (C=N–C) groups is 2. The summed E-state index contributed by atoms with van der Waals surface area (Å²) in [7, 11) is 1.60. The van der Waals surface area contributed by atoms with Crippen molar-refractivity contribution in [3.8, 4) is 5.75 Å². The third-order valence-corrected chi connectivity index (χ3v) is 3.98. The Kier molecular flexibility index (Phi) is 6.57. The Morgan fingerprint density at radius 1 is 0.958 bits per heavy atom. The SMILES string of the molecule is COc1ccc(CC=C2N=C(C(Cl)(Cl)Cl)NC(C(Cl)(Cl)Cl)=N2)cc1. The van der Waals surface area contributed by atoms with Crippen molar-refractivity contribution in [3.63, 3.8) is 0 Å². The lowest BCUT2D eigenvalue weighted by Crippen LogP contribution is -2.46. The van der Waals surface area contributed by atoms with Crippen molar-refractivity contribution in [2.45, 2.75) is 14.0 Å². The number of nitrogens with zero attached hydrogens (tertiary/aromatic N) is 2. The van der Waals surface area contributed by atoms with Crippen LogP contribution in [0.1, 0.15) is 5.56 Å². The van der Waals surface area contributed by atoms with Crippen LogP contribution < -0.4 is 10.1 Å². The molecule has 0 unspecified atom stereocenters. The second-order valence-electron chi connectivity index (χ2n) is 4.66. The second-order valence-corrected chi connectivity index (χ2v) is 9.22. The lowest BCUT2D eigenvalue weighted by molar-refractivity contribution is 0.414. The summed E-state index contributed by atoms with van der Waals surface area (Å²) >= 11 is 35.1. The molecule has 0 amide bonds. The summed E-state index contributed by atoms with van der Waals surface area (Å²) in [6, 6.07) is 7.52. The number of rotatable bonds is 3. The highest BCUT2D eigenvalue weighted by molar-refractivity contribution is 6.79. The van der Waals surface area contributed by atoms with E-state index in [1.165, 1.54) is 0 Å². The smallest absolute Gasteiger partial charge is 0.248 e. The molecular formula is C14H11Cl6N3O. The van der Waals surface area contributed by atoms with E-state index in [2.05, 4.69) is 15.3 Å². The van der Waals surface area contributed by atoms with E-state index in [1.54, 1.807) is 13.2 Å². The number of hydrogen-bond acceptors (Lipinski definition) is 4. The maximum absolute atomic E-state index is 5.86. The van der Waals surface area contributed by atoms with Crippen LogP contribution in [-0.2, 0) is 6.42 Å². The van der Waals surface area contributed by atoms with Crippen LogP contribution in [0.25, 0.3) is 0 Å². The fourth-order valence-corrected chi connectivity index (χ4v) is 2.29. The molecule has 0 bridgehead atoms. The summed E-state index contributed by atoms with van der Waals surface area (Å²) in [6.45, 7) is 0. The van der Waals surface area contributed by atoms with Crippen LogP contribution in [0.15, 0.2) is 46.1 Å². The van der Waals surface area contributed by atoms with Crippen LogP contribution in [0, 0.1) is 0 Å². The van der Waals surface area contributed by atoms with Gasteiger partial charge in [0, 0.05) is 0 Å². The van der Waals surface area contributed by atoms with E-state index in [1.807, 2.05) is 24.3 Å². The molecule has 1 aliphatic rings. The third kappa shape index (κ3) is 5.58. The van der Waals surface area contributed by atoms with Crippen LogP contribution in [-0.4, -0.2) is 26.4 Å². The molecule has 1 N–H and O–H groups in total. The Morgan fingerprint density at radius 2 is 1.46 bits per heavy atom. The van der Waals surface area contributed by atoms with Gasteiger partial charge >= 0.3 is 0 Å². The predicted octanol–water partition coefficient (Wildman–Crippen LogP) is 5.22. The van der Waals surface area contributed by atoms with Gasteiger partial charge in [0.1, 0.15) is 5.75 Å². The van der Waals surface area contributed by atoms with E-state index in [0.717, 1.165) is 11.3 Å². The number of allylic oxidation sites excluding steroid dienone is 1. The van der Waals surface area contributed by atoms with Crippen LogP contribution in [0.5, 0.6) is 5.75 Å². The number of methoxy groups -OCH3 is 1. The van der Waals surface area contributed by atoms with Crippen molar-refractivity contribution in [1.82, 2.24) is 5.32 Å². The molecular weight excluding hydrogens is 439 g/mol. The quantitative estimate of drug-likeness (QED) is 0.643. The van der Waals surface area contributed by atoms with Crippen molar-refractivity contribution in [2.24, 2.45) is 9.98 Å². The van der Waals surface area contributed by atoms with Crippen molar-refractivity contribution in [1.29, 1.82) is 0 Å². The third-order valence-electron chi connectivity index (χ3n) is 2.91. The van der Waals surface area contributed by atoms with Gasteiger partial charge in [-0.15, -0.1) is 0 Å². The van der Waals surface area contributed by atoms with Crippen molar-refractivity contribution in [2.75, 3.05) is 7.11 Å². The summed E-state index contributed by atoms with van der Waals surface area (Å²) in [6.07, 6.45) is 2.27. The molecule has 0 radical (unpaired) electrons. The predicted molar refractivity (Wildman–Crippen MR) is 103 cm³/mol. The highest BCUT2D eigenvalue weighted by atomic mass is 35.6. The number of alkyl halides is 6. The number of nitrogens with one attached hydrogen (secondary N) is 1. The number of ether oxygens (including phenoxy) is 1. The Balaban J connectivity index is 2.27. The summed E-state index contributed by atoms with van der Waals surface area (Å²) < 4.78 is 1.49. The molecule has 0 fully saturated rings. The van der Waals surface area contributed by atoms with E-state index in [9.17, 15) is 0 Å². The number of amidine groups is 2. The average molecular weight is 450 g/mol. The largest absolute Gasteiger partial charge is 0.497 e. The molecule has 2 rings (SSSR count). The lowest BCUT2D eigenvalue weighted by Gasteiger charge is -2.24. The van der Waals surface area contributed by atoms with Gasteiger partial charge in [-0.2, -0.15) is 0 Å². The molecule has 24 heavy (non-hydrogen) atoms. The maximum Gasteiger partial charge on any atom is 0.248 e. The van der Waals surface area contributed by atoms with Crippen molar-refractivity contribution >= 4 is 81.3 Å². The number of hydrogen-bond donors (Lipinski definition) is 1. The fourth-order valence-electron chi connectivity index (χ4n) is 1.75. The van der Waals surface area contributed by atoms with Gasteiger partial charge in [-0.05, 0) is 30.2 Å². The molecule has 1 aromatic rings. The maximum atomic E-state index is 5.86. The minimum absolute atomic E-state index is 0.00445. The first-order valence-electron chi connectivity index (χ1n) is 6.51. The molecule has 0 aliphatic carbocycles. The minimum Gasteiger partial charge on any atom is -0.497 e. The molecule has 1 heterocycles. The minimum atomic E-state index is -1.81. The van der Waals surface area contributed by atoms with E-state index < -0.39 is 7.59 Å². The molecule has 130 valence electrons. The Labute approximate surface area is 169 Å². The van der Waals surface area contributed by atoms with Crippen LogP contribution in [0.2, 0.25) is 0 Å². The van der Waals surface area contributed by atoms with Gasteiger partial charge in [-0.25, -0.2) is 9.98 Å². The Hall–Kier alpha value is -0.360. The molecule has 1 aromatic carbocycles. The zero-order valence-corrected chi connectivity index (χ0v) is 16.7. The Bertz CT molecular complexity index is 654. The van der Waals surface area contributed by atoms with E-state index in [-0.39, 0.29) is 17.5 Å². The first-order chi connectivity index (χ1) is 11.1. The molecule has 0 aromatic heterocycles. The van der Waals surface area contributed by atoms with Gasteiger partial charge < -0.3 is 10.1 Å². The fraction of sp³-hybridized carbons (Fsp3) is 0.286. The van der Waals surface area contributed by atoms with Crippen molar-refractivity contribution in [3.05, 3.63) is 41.7 Å². The van der Waals surface area contributed by atoms with Crippen LogP contribution in [0.4, 0.5) is 0 Å². The van der Waals surface area contributed by atoms with Crippen LogP contribution >= 0.6 is 69.6 Å². The molecule has 0 saturated carbocycles. The molecule has 0 spiro atoms. The molecule has 0 saturated heterocycles. The van der Waals surface area contributed by atoms with Crippen LogP contribution in [0.3, 0.4) is 0 Å². The van der Waals surface area contributed by atoms with Gasteiger partial charge in [0.15, 0.2) is 17.5 Å². The summed E-state index contributed by atoms with van der Waals surface area (Å²) in [5.74, 6) is 1.04. The topological polar surface area (TPSA) is 46.0 Å². The zero-order chi connectivity index (χ0) is 18.0. The second kappa shape index (κ2) is 7.90. The van der Waals surface area contributed by atoms with E-state index in [4.69, 9.17) is 74.3 Å². The molecule has 0 atom stereocenters. The number of benzene rings is 1. The lowest BCUT2D eigenvalue weighted by atomic mass is 10.1. The molecule has 1 aliphatic heterocycles. The summed E-state index contributed by atoms with van der Waals surface area (Å²) in [4.78, 5) is 8.30. The monoisotopic (exact) mass is 447 g/mol. The normalized spacial score (nSPS) is 15.4. The van der Waals surface area contributed by atoms with Gasteiger partial charge in [0.2, 0.25) is 7.59 Å². The van der Waals surface area contributed by atoms with Gasteiger partial charge in [0.05, 0.1) is 7.11 Å². The highest BCUT2D eigenvalue weighted by Crippen LogP contribution is 2.33. The summed E-state index contributed by atoms with van der Waals surface area (Å²) in [5.41, 5.74) is 1.01. The first kappa shape index (κ1) is 20.0. The van der Waals surface area contributed by atoms with Gasteiger partial charge in [-0.3, -0.25) is 0 Å². The zero-order valence-electron chi connectivity index (χ0n) is 12.2.